The number of nitrogens with zero attached hydrogens (tertiary/aromatic N) is 2. The Morgan fingerprint density at radius 2 is 2.06 bits per heavy atom. The number of hydrogen-bond donors (Lipinski definition) is 1. The van der Waals surface area contributed by atoms with Gasteiger partial charge in [0.2, 0.25) is 5.88 Å². The van der Waals surface area contributed by atoms with Gasteiger partial charge in [0.05, 0.1) is 19.9 Å². The van der Waals surface area contributed by atoms with Crippen LogP contribution in [-0.2, 0) is 13.1 Å². The number of methoxy groups -OCH3 is 1. The van der Waals surface area contributed by atoms with Crippen LogP contribution in [0, 0.1) is 6.92 Å². The molecule has 0 amide bonds. The standard InChI is InChI=1S/C13H17N3O/c1-10-5-3-4-6-11(10)9-16-13(17-2)12(7-14)8-15-16/h3-6,8H,7,9,14H2,1-2H3. The second kappa shape index (κ2) is 5.01. The number of aromatic nitrogens is 2. The lowest BCUT2D eigenvalue weighted by atomic mass is 10.1. The molecule has 0 aliphatic heterocycles. The van der Waals surface area contributed by atoms with E-state index >= 15 is 0 Å². The molecule has 4 nitrogen and oxygen atoms in total. The van der Waals surface area contributed by atoms with E-state index in [-0.39, 0.29) is 0 Å². The lowest BCUT2D eigenvalue weighted by molar-refractivity contribution is 0.362. The van der Waals surface area contributed by atoms with Crippen molar-refractivity contribution in [2.75, 3.05) is 7.11 Å². The summed E-state index contributed by atoms with van der Waals surface area (Å²) in [5.41, 5.74) is 9.04. The Hall–Kier alpha value is -1.81. The first-order chi connectivity index (χ1) is 8.26. The zero-order valence-corrected chi connectivity index (χ0v) is 10.2. The Morgan fingerprint density at radius 3 is 2.71 bits per heavy atom. The Labute approximate surface area is 101 Å². The van der Waals surface area contributed by atoms with Gasteiger partial charge in [0.15, 0.2) is 0 Å². The summed E-state index contributed by atoms with van der Waals surface area (Å²) >= 11 is 0. The van der Waals surface area contributed by atoms with Crippen LogP contribution < -0.4 is 10.5 Å². The molecule has 1 heterocycles. The molecule has 1 aromatic heterocycles. The molecule has 0 fully saturated rings. The van der Waals surface area contributed by atoms with Crippen LogP contribution in [0.15, 0.2) is 30.5 Å². The maximum Gasteiger partial charge on any atom is 0.216 e. The van der Waals surface area contributed by atoms with E-state index in [1.807, 2.05) is 16.8 Å². The van der Waals surface area contributed by atoms with E-state index in [4.69, 9.17) is 10.5 Å². The fraction of sp³-hybridized carbons (Fsp3) is 0.308. The van der Waals surface area contributed by atoms with E-state index in [2.05, 4.69) is 24.2 Å². The van der Waals surface area contributed by atoms with Gasteiger partial charge in [0.1, 0.15) is 0 Å². The molecule has 2 rings (SSSR count). The SMILES string of the molecule is COc1c(CN)cnn1Cc1ccccc1C. The third-order valence-electron chi connectivity index (χ3n) is 2.86. The molecule has 1 aromatic carbocycles. The van der Waals surface area contributed by atoms with Crippen molar-refractivity contribution >= 4 is 0 Å². The molecule has 2 aromatic rings. The minimum Gasteiger partial charge on any atom is -0.481 e. The number of hydrogen-bond acceptors (Lipinski definition) is 3. The highest BCUT2D eigenvalue weighted by Crippen LogP contribution is 2.19. The van der Waals surface area contributed by atoms with Crippen molar-refractivity contribution in [1.82, 2.24) is 9.78 Å². The molecule has 0 saturated heterocycles. The first-order valence-electron chi connectivity index (χ1n) is 5.59. The van der Waals surface area contributed by atoms with Crippen LogP contribution in [0.3, 0.4) is 0 Å². The van der Waals surface area contributed by atoms with Crippen LogP contribution >= 0.6 is 0 Å². The van der Waals surface area contributed by atoms with Gasteiger partial charge in [0, 0.05) is 12.1 Å². The summed E-state index contributed by atoms with van der Waals surface area (Å²) in [6, 6.07) is 8.25. The van der Waals surface area contributed by atoms with Crippen LogP contribution in [-0.4, -0.2) is 16.9 Å². The average Bonchev–Trinajstić information content (AvgIpc) is 2.74. The number of rotatable bonds is 4. The molecule has 90 valence electrons. The average molecular weight is 231 g/mol. The molecule has 0 atom stereocenters. The molecule has 4 heteroatoms. The van der Waals surface area contributed by atoms with Crippen molar-refractivity contribution in [1.29, 1.82) is 0 Å². The molecule has 0 spiro atoms. The van der Waals surface area contributed by atoms with Gasteiger partial charge in [0.25, 0.3) is 0 Å². The quantitative estimate of drug-likeness (QED) is 0.871. The summed E-state index contributed by atoms with van der Waals surface area (Å²) in [5.74, 6) is 0.746. The maximum atomic E-state index is 5.63. The second-order valence-electron chi connectivity index (χ2n) is 3.97. The molecule has 0 saturated carbocycles. The van der Waals surface area contributed by atoms with E-state index in [9.17, 15) is 0 Å². The van der Waals surface area contributed by atoms with E-state index < -0.39 is 0 Å². The Kier molecular flexibility index (Phi) is 3.44. The van der Waals surface area contributed by atoms with Crippen LogP contribution in [0.5, 0.6) is 5.88 Å². The van der Waals surface area contributed by atoms with E-state index in [1.165, 1.54) is 11.1 Å². The first-order valence-corrected chi connectivity index (χ1v) is 5.59. The van der Waals surface area contributed by atoms with Crippen molar-refractivity contribution in [3.8, 4) is 5.88 Å². The molecule has 0 aliphatic rings. The third kappa shape index (κ3) is 2.31. The van der Waals surface area contributed by atoms with Gasteiger partial charge in [-0.15, -0.1) is 0 Å². The molecule has 0 aliphatic carbocycles. The van der Waals surface area contributed by atoms with Crippen molar-refractivity contribution in [3.63, 3.8) is 0 Å². The summed E-state index contributed by atoms with van der Waals surface area (Å²) < 4.78 is 7.18. The molecule has 0 unspecified atom stereocenters. The molecule has 0 bridgehead atoms. The lowest BCUT2D eigenvalue weighted by Gasteiger charge is -2.09. The highest BCUT2D eigenvalue weighted by Gasteiger charge is 2.10. The number of aryl methyl sites for hydroxylation is 1. The van der Waals surface area contributed by atoms with E-state index in [1.54, 1.807) is 13.3 Å². The monoisotopic (exact) mass is 231 g/mol. The fourth-order valence-corrected chi connectivity index (χ4v) is 1.85. The molecule has 2 N–H and O–H groups in total. The Morgan fingerprint density at radius 1 is 1.29 bits per heavy atom. The predicted octanol–water partition coefficient (Wildman–Crippen LogP) is 1.71. The van der Waals surface area contributed by atoms with Crippen molar-refractivity contribution < 1.29 is 4.74 Å². The molecule has 17 heavy (non-hydrogen) atoms. The van der Waals surface area contributed by atoms with Gasteiger partial charge in [-0.05, 0) is 18.1 Å². The van der Waals surface area contributed by atoms with Crippen molar-refractivity contribution in [2.45, 2.75) is 20.0 Å². The molecule has 0 radical (unpaired) electrons. The van der Waals surface area contributed by atoms with Crippen molar-refractivity contribution in [3.05, 3.63) is 47.2 Å². The number of benzene rings is 1. The third-order valence-corrected chi connectivity index (χ3v) is 2.86. The smallest absolute Gasteiger partial charge is 0.216 e. The van der Waals surface area contributed by atoms with Crippen LogP contribution in [0.4, 0.5) is 0 Å². The van der Waals surface area contributed by atoms with E-state index in [0.29, 0.717) is 13.1 Å². The number of nitrogens with two attached hydrogens (primary N) is 1. The molecular weight excluding hydrogens is 214 g/mol. The van der Waals surface area contributed by atoms with Crippen LogP contribution in [0.2, 0.25) is 0 Å². The number of ether oxygens (including phenoxy) is 1. The summed E-state index contributed by atoms with van der Waals surface area (Å²) in [7, 11) is 1.64. The predicted molar refractivity (Wildman–Crippen MR) is 67.0 cm³/mol. The normalized spacial score (nSPS) is 10.5. The highest BCUT2D eigenvalue weighted by molar-refractivity contribution is 5.29. The Bertz CT molecular complexity index is 505. The minimum atomic E-state index is 0.441. The lowest BCUT2D eigenvalue weighted by Crippen LogP contribution is -2.06. The highest BCUT2D eigenvalue weighted by atomic mass is 16.5. The zero-order valence-electron chi connectivity index (χ0n) is 10.2. The van der Waals surface area contributed by atoms with Gasteiger partial charge >= 0.3 is 0 Å². The van der Waals surface area contributed by atoms with Crippen LogP contribution in [0.1, 0.15) is 16.7 Å². The summed E-state index contributed by atoms with van der Waals surface area (Å²) in [4.78, 5) is 0. The maximum absolute atomic E-state index is 5.63. The van der Waals surface area contributed by atoms with E-state index in [0.717, 1.165) is 11.4 Å². The summed E-state index contributed by atoms with van der Waals surface area (Å²) in [6.07, 6.45) is 1.76. The Balaban J connectivity index is 2.30. The zero-order chi connectivity index (χ0) is 12.3. The van der Waals surface area contributed by atoms with Crippen molar-refractivity contribution in [2.24, 2.45) is 5.73 Å². The topological polar surface area (TPSA) is 53.1 Å². The fourth-order valence-electron chi connectivity index (χ4n) is 1.85. The minimum absolute atomic E-state index is 0.441. The molecular formula is C13H17N3O. The second-order valence-corrected chi connectivity index (χ2v) is 3.97. The van der Waals surface area contributed by atoms with Gasteiger partial charge in [-0.2, -0.15) is 5.10 Å². The largest absolute Gasteiger partial charge is 0.481 e. The van der Waals surface area contributed by atoms with Gasteiger partial charge in [-0.1, -0.05) is 24.3 Å². The van der Waals surface area contributed by atoms with Gasteiger partial charge in [-0.3, -0.25) is 0 Å². The van der Waals surface area contributed by atoms with Gasteiger partial charge < -0.3 is 10.5 Å². The van der Waals surface area contributed by atoms with Gasteiger partial charge in [-0.25, -0.2) is 4.68 Å². The first kappa shape index (κ1) is 11.7. The summed E-state index contributed by atoms with van der Waals surface area (Å²) in [6.45, 7) is 3.24. The summed E-state index contributed by atoms with van der Waals surface area (Å²) in [5, 5.41) is 4.31. The van der Waals surface area contributed by atoms with Crippen LogP contribution in [0.25, 0.3) is 0 Å².